The summed E-state index contributed by atoms with van der Waals surface area (Å²) in [5.74, 6) is -0.0773. The number of hydrogen-bond donors (Lipinski definition) is 2. The lowest BCUT2D eigenvalue weighted by Crippen LogP contribution is -2.38. The van der Waals surface area contributed by atoms with Crippen LogP contribution in [0.25, 0.3) is 10.2 Å². The largest absolute Gasteiger partial charge is 0.397 e. The van der Waals surface area contributed by atoms with Gasteiger partial charge in [-0.3, -0.25) is 4.79 Å². The Balaban J connectivity index is 1.29. The zero-order valence-electron chi connectivity index (χ0n) is 17.4. The highest BCUT2D eigenvalue weighted by atomic mass is 32.1. The smallest absolute Gasteiger partial charge is 0.263 e. The number of nitrogens with zero attached hydrogens (tertiary/aromatic N) is 2. The number of piperidine rings is 1. The van der Waals surface area contributed by atoms with Crippen molar-refractivity contribution in [3.63, 3.8) is 0 Å². The fourth-order valence-electron chi connectivity index (χ4n) is 4.72. The molecule has 0 saturated carbocycles. The lowest BCUT2D eigenvalue weighted by atomic mass is 9.87. The standard InChI is InChI=1S/C24H28N4OS/c1-15-5-10-20-21(25)22(30-24(20)26-15)23(29)27-18-8-6-17-14-19(9-7-16(17)13-18)28-11-3-2-4-12-28/h5,7,9-10,14,18H,2-4,6,8,11-13,25H2,1H3,(H,27,29)/t18-/m1/s1. The van der Waals surface area contributed by atoms with E-state index in [-0.39, 0.29) is 11.9 Å². The number of hydrogen-bond acceptors (Lipinski definition) is 5. The fourth-order valence-corrected chi connectivity index (χ4v) is 5.77. The van der Waals surface area contributed by atoms with Crippen molar-refractivity contribution in [2.45, 2.75) is 51.5 Å². The number of aromatic nitrogens is 1. The van der Waals surface area contributed by atoms with Crippen LogP contribution in [0.15, 0.2) is 30.3 Å². The second-order valence-corrected chi connectivity index (χ2v) is 9.56. The van der Waals surface area contributed by atoms with Gasteiger partial charge in [0.15, 0.2) is 0 Å². The van der Waals surface area contributed by atoms with E-state index in [1.54, 1.807) is 0 Å². The fraction of sp³-hybridized carbons (Fsp3) is 0.417. The molecule has 30 heavy (non-hydrogen) atoms. The highest BCUT2D eigenvalue weighted by molar-refractivity contribution is 7.21. The van der Waals surface area contributed by atoms with Crippen molar-refractivity contribution in [1.29, 1.82) is 0 Å². The summed E-state index contributed by atoms with van der Waals surface area (Å²) in [7, 11) is 0. The molecule has 5 nitrogen and oxygen atoms in total. The summed E-state index contributed by atoms with van der Waals surface area (Å²) in [6.45, 7) is 4.29. The van der Waals surface area contributed by atoms with Crippen molar-refractivity contribution in [1.82, 2.24) is 10.3 Å². The molecule has 1 aliphatic carbocycles. The number of amides is 1. The summed E-state index contributed by atoms with van der Waals surface area (Å²) in [4.78, 5) is 21.4. The minimum absolute atomic E-state index is 0.0773. The summed E-state index contributed by atoms with van der Waals surface area (Å²) >= 11 is 1.38. The third kappa shape index (κ3) is 3.65. The van der Waals surface area contributed by atoms with Gasteiger partial charge in [-0.1, -0.05) is 6.07 Å². The molecule has 0 bridgehead atoms. The van der Waals surface area contributed by atoms with Crippen LogP contribution < -0.4 is 16.0 Å². The maximum Gasteiger partial charge on any atom is 0.263 e. The molecule has 2 aliphatic rings. The molecule has 6 heteroatoms. The molecular formula is C24H28N4OS. The number of anilines is 2. The summed E-state index contributed by atoms with van der Waals surface area (Å²) in [5.41, 5.74) is 11.9. The van der Waals surface area contributed by atoms with E-state index in [1.807, 2.05) is 19.1 Å². The van der Waals surface area contributed by atoms with Crippen LogP contribution in [0.2, 0.25) is 0 Å². The van der Waals surface area contributed by atoms with Crippen molar-refractivity contribution in [3.05, 3.63) is 52.0 Å². The van der Waals surface area contributed by atoms with Crippen LogP contribution in [-0.2, 0) is 12.8 Å². The number of nitrogens with two attached hydrogens (primary N) is 1. The van der Waals surface area contributed by atoms with Crippen molar-refractivity contribution in [3.8, 4) is 0 Å². The molecule has 1 saturated heterocycles. The van der Waals surface area contributed by atoms with Crippen molar-refractivity contribution in [2.75, 3.05) is 23.7 Å². The van der Waals surface area contributed by atoms with E-state index >= 15 is 0 Å². The Hall–Kier alpha value is -2.60. The number of nitrogen functional groups attached to an aromatic ring is 1. The van der Waals surface area contributed by atoms with E-state index in [1.165, 1.54) is 60.5 Å². The van der Waals surface area contributed by atoms with Crippen LogP contribution in [-0.4, -0.2) is 30.0 Å². The first-order chi connectivity index (χ1) is 14.6. The normalized spacial score (nSPS) is 19.0. The first-order valence-electron chi connectivity index (χ1n) is 10.9. The molecule has 2 aromatic heterocycles. The Bertz CT molecular complexity index is 1100. The van der Waals surface area contributed by atoms with Gasteiger partial charge < -0.3 is 16.0 Å². The van der Waals surface area contributed by atoms with Crippen LogP contribution in [0.1, 0.15) is 52.2 Å². The number of nitrogens with one attached hydrogen (secondary N) is 1. The van der Waals surface area contributed by atoms with Crippen LogP contribution in [0.3, 0.4) is 0 Å². The van der Waals surface area contributed by atoms with Crippen molar-refractivity contribution >= 4 is 38.8 Å². The molecule has 3 heterocycles. The van der Waals surface area contributed by atoms with E-state index in [9.17, 15) is 4.79 Å². The van der Waals surface area contributed by atoms with Gasteiger partial charge in [-0.2, -0.15) is 0 Å². The average molecular weight is 421 g/mol. The van der Waals surface area contributed by atoms with E-state index in [0.717, 1.165) is 35.2 Å². The number of fused-ring (bicyclic) bond motifs is 2. The third-order valence-electron chi connectivity index (χ3n) is 6.41. The number of thiophene rings is 1. The molecule has 156 valence electrons. The topological polar surface area (TPSA) is 71.2 Å². The molecule has 5 rings (SSSR count). The van der Waals surface area contributed by atoms with Crippen molar-refractivity contribution < 1.29 is 4.79 Å². The van der Waals surface area contributed by atoms with E-state index < -0.39 is 0 Å². The first kappa shape index (κ1) is 19.4. The molecule has 0 unspecified atom stereocenters. The quantitative estimate of drug-likeness (QED) is 0.656. The Morgan fingerprint density at radius 1 is 1.17 bits per heavy atom. The zero-order valence-corrected chi connectivity index (χ0v) is 18.2. The van der Waals surface area contributed by atoms with Gasteiger partial charge in [0, 0.05) is 35.9 Å². The van der Waals surface area contributed by atoms with Gasteiger partial charge in [-0.15, -0.1) is 11.3 Å². The second kappa shape index (κ2) is 7.91. The number of aryl methyl sites for hydroxylation is 2. The zero-order chi connectivity index (χ0) is 20.7. The summed E-state index contributed by atoms with van der Waals surface area (Å²) in [6.07, 6.45) is 6.78. The van der Waals surface area contributed by atoms with Crippen LogP contribution in [0, 0.1) is 6.92 Å². The van der Waals surface area contributed by atoms with Crippen LogP contribution in [0.4, 0.5) is 11.4 Å². The average Bonchev–Trinajstić information content (AvgIpc) is 3.09. The molecule has 1 atom stereocenters. The molecule has 3 N–H and O–H groups in total. The summed E-state index contributed by atoms with van der Waals surface area (Å²) < 4.78 is 0. The molecular weight excluding hydrogens is 392 g/mol. The first-order valence-corrected chi connectivity index (χ1v) is 11.7. The van der Waals surface area contributed by atoms with Crippen LogP contribution in [0.5, 0.6) is 0 Å². The Kier molecular flexibility index (Phi) is 5.11. The van der Waals surface area contributed by atoms with Gasteiger partial charge in [0.05, 0.1) is 5.69 Å². The van der Waals surface area contributed by atoms with Crippen molar-refractivity contribution in [2.24, 2.45) is 0 Å². The minimum atomic E-state index is -0.0773. The van der Waals surface area contributed by atoms with Gasteiger partial charge in [-0.05, 0) is 80.8 Å². The Morgan fingerprint density at radius 2 is 2.00 bits per heavy atom. The number of carbonyl (C=O) groups is 1. The number of rotatable bonds is 3. The monoisotopic (exact) mass is 420 g/mol. The lowest BCUT2D eigenvalue weighted by molar-refractivity contribution is 0.0938. The van der Waals surface area contributed by atoms with Gasteiger partial charge >= 0.3 is 0 Å². The maximum atomic E-state index is 12.9. The highest BCUT2D eigenvalue weighted by Gasteiger charge is 2.24. The third-order valence-corrected chi connectivity index (χ3v) is 7.53. The number of benzene rings is 1. The van der Waals surface area contributed by atoms with Gasteiger partial charge in [0.2, 0.25) is 0 Å². The predicted octanol–water partition coefficient (Wildman–Crippen LogP) is 4.46. The molecule has 0 radical (unpaired) electrons. The number of pyridine rings is 1. The van der Waals surface area contributed by atoms with E-state index in [4.69, 9.17) is 5.73 Å². The molecule has 3 aromatic rings. The van der Waals surface area contributed by atoms with Crippen LogP contribution >= 0.6 is 11.3 Å². The lowest BCUT2D eigenvalue weighted by Gasteiger charge is -2.31. The molecule has 1 aromatic carbocycles. The Morgan fingerprint density at radius 3 is 2.83 bits per heavy atom. The SMILES string of the molecule is Cc1ccc2c(N)c(C(=O)N[C@@H]3CCc4cc(N5CCCCC5)ccc4C3)sc2n1. The predicted molar refractivity (Wildman–Crippen MR) is 125 cm³/mol. The molecule has 0 spiro atoms. The van der Waals surface area contributed by atoms with Gasteiger partial charge in [0.25, 0.3) is 5.91 Å². The Labute approximate surface area is 181 Å². The molecule has 1 amide bonds. The number of carbonyl (C=O) groups excluding carboxylic acids is 1. The van der Waals surface area contributed by atoms with Gasteiger partial charge in [-0.25, -0.2) is 4.98 Å². The highest BCUT2D eigenvalue weighted by Crippen LogP contribution is 2.33. The maximum absolute atomic E-state index is 12.9. The molecule has 1 fully saturated rings. The molecule has 1 aliphatic heterocycles. The van der Waals surface area contributed by atoms with Gasteiger partial charge in [0.1, 0.15) is 9.71 Å². The minimum Gasteiger partial charge on any atom is -0.397 e. The van der Waals surface area contributed by atoms with E-state index in [0.29, 0.717) is 10.6 Å². The van der Waals surface area contributed by atoms with E-state index in [2.05, 4.69) is 33.4 Å². The summed E-state index contributed by atoms with van der Waals surface area (Å²) in [5, 5.41) is 4.09. The second-order valence-electron chi connectivity index (χ2n) is 8.56. The summed E-state index contributed by atoms with van der Waals surface area (Å²) in [6, 6.07) is 10.9.